The Balaban J connectivity index is 1.70. The van der Waals surface area contributed by atoms with Gasteiger partial charge in [-0.15, -0.1) is 5.10 Å². The van der Waals surface area contributed by atoms with Gasteiger partial charge in [-0.3, -0.25) is 0 Å². The van der Waals surface area contributed by atoms with E-state index in [-0.39, 0.29) is 5.76 Å². The van der Waals surface area contributed by atoms with Crippen molar-refractivity contribution in [3.63, 3.8) is 0 Å². The highest BCUT2D eigenvalue weighted by atomic mass is 32.2. The predicted octanol–water partition coefficient (Wildman–Crippen LogP) is 2.68. The molecule has 0 atom stereocenters. The molecule has 1 fully saturated rings. The fraction of sp³-hybridized carbons (Fsp3) is 0.538. The van der Waals surface area contributed by atoms with Gasteiger partial charge in [-0.25, -0.2) is 9.48 Å². The predicted molar refractivity (Wildman–Crippen MR) is 75.3 cm³/mol. The van der Waals surface area contributed by atoms with E-state index in [2.05, 4.69) is 15.5 Å². The first-order chi connectivity index (χ1) is 10.1. The first-order valence-electron chi connectivity index (χ1n) is 6.88. The van der Waals surface area contributed by atoms with Crippen LogP contribution in [0.2, 0.25) is 0 Å². The summed E-state index contributed by atoms with van der Waals surface area (Å²) in [5.74, 6) is 0.138. The molecular formula is C13H16N4O3S. The molecule has 21 heavy (non-hydrogen) atoms. The second-order valence-corrected chi connectivity index (χ2v) is 6.07. The van der Waals surface area contributed by atoms with Gasteiger partial charge in [0.1, 0.15) is 5.76 Å². The highest BCUT2D eigenvalue weighted by molar-refractivity contribution is 7.98. The molecule has 0 amide bonds. The zero-order valence-corrected chi connectivity index (χ0v) is 12.5. The summed E-state index contributed by atoms with van der Waals surface area (Å²) in [6.45, 7) is 1.77. The molecule has 0 unspecified atom stereocenters. The number of carboxylic acid groups (broad SMARTS) is 1. The standard InChI is InChI=1S/C13H16N4O3S/c1-8-9(6-11(20-8)12(18)19)7-21-13-14-15-16-17(13)10-4-2-3-5-10/h6,10H,2-5,7H2,1H3,(H,18,19). The monoisotopic (exact) mass is 308 g/mol. The summed E-state index contributed by atoms with van der Waals surface area (Å²) < 4.78 is 7.10. The minimum absolute atomic E-state index is 0.0292. The van der Waals surface area contributed by atoms with Crippen LogP contribution in [0.3, 0.4) is 0 Å². The Morgan fingerprint density at radius 1 is 1.52 bits per heavy atom. The van der Waals surface area contributed by atoms with E-state index in [1.165, 1.54) is 24.6 Å². The fourth-order valence-electron chi connectivity index (χ4n) is 2.57. The van der Waals surface area contributed by atoms with Crippen molar-refractivity contribution >= 4 is 17.7 Å². The number of furan rings is 1. The average Bonchev–Trinajstić information content (AvgIpc) is 3.16. The third-order valence-corrected chi connectivity index (χ3v) is 4.70. The van der Waals surface area contributed by atoms with Crippen molar-refractivity contribution in [1.82, 2.24) is 20.2 Å². The number of rotatable bonds is 5. The maximum atomic E-state index is 10.9. The SMILES string of the molecule is Cc1oc(C(=O)O)cc1CSc1nnnn1C1CCCC1. The molecule has 0 spiro atoms. The molecule has 2 aromatic heterocycles. The molecule has 3 rings (SSSR count). The lowest BCUT2D eigenvalue weighted by molar-refractivity contribution is 0.0661. The smallest absolute Gasteiger partial charge is 0.371 e. The summed E-state index contributed by atoms with van der Waals surface area (Å²) in [4.78, 5) is 10.9. The number of aryl methyl sites for hydroxylation is 1. The number of tetrazole rings is 1. The number of thioether (sulfide) groups is 1. The van der Waals surface area contributed by atoms with Gasteiger partial charge in [0.2, 0.25) is 10.9 Å². The maximum Gasteiger partial charge on any atom is 0.371 e. The Morgan fingerprint density at radius 2 is 2.29 bits per heavy atom. The first kappa shape index (κ1) is 14.1. The Bertz CT molecular complexity index is 646. The molecule has 2 heterocycles. The van der Waals surface area contributed by atoms with Crippen LogP contribution < -0.4 is 0 Å². The van der Waals surface area contributed by atoms with E-state index in [1.54, 1.807) is 13.0 Å². The van der Waals surface area contributed by atoms with E-state index < -0.39 is 5.97 Å². The molecule has 1 saturated carbocycles. The normalized spacial score (nSPS) is 15.7. The van der Waals surface area contributed by atoms with E-state index >= 15 is 0 Å². The number of aromatic carboxylic acids is 1. The second kappa shape index (κ2) is 5.88. The van der Waals surface area contributed by atoms with E-state index in [1.807, 2.05) is 4.68 Å². The molecule has 0 bridgehead atoms. The summed E-state index contributed by atoms with van der Waals surface area (Å²) in [5, 5.41) is 21.6. The van der Waals surface area contributed by atoms with Crippen LogP contribution in [0.5, 0.6) is 0 Å². The van der Waals surface area contributed by atoms with Crippen molar-refractivity contribution in [2.75, 3.05) is 0 Å². The Kier molecular flexibility index (Phi) is 3.96. The lowest BCUT2D eigenvalue weighted by Gasteiger charge is -2.10. The van der Waals surface area contributed by atoms with Gasteiger partial charge >= 0.3 is 5.97 Å². The molecule has 8 heteroatoms. The van der Waals surface area contributed by atoms with Crippen molar-refractivity contribution in [3.8, 4) is 0 Å². The van der Waals surface area contributed by atoms with Gasteiger partial charge in [-0.1, -0.05) is 24.6 Å². The number of nitrogens with zero attached hydrogens (tertiary/aromatic N) is 4. The molecule has 1 N–H and O–H groups in total. The van der Waals surface area contributed by atoms with E-state index in [4.69, 9.17) is 9.52 Å². The van der Waals surface area contributed by atoms with Crippen molar-refractivity contribution in [2.45, 2.75) is 49.6 Å². The van der Waals surface area contributed by atoms with Crippen molar-refractivity contribution in [1.29, 1.82) is 0 Å². The minimum atomic E-state index is -1.05. The Morgan fingerprint density at radius 3 is 2.95 bits per heavy atom. The van der Waals surface area contributed by atoms with Crippen LogP contribution >= 0.6 is 11.8 Å². The molecule has 0 aliphatic heterocycles. The molecule has 0 aromatic carbocycles. The Hall–Kier alpha value is -1.83. The van der Waals surface area contributed by atoms with Crippen LogP contribution in [0.25, 0.3) is 0 Å². The number of hydrogen-bond donors (Lipinski definition) is 1. The lowest BCUT2D eigenvalue weighted by atomic mass is 10.3. The van der Waals surface area contributed by atoms with Crippen LogP contribution in [0, 0.1) is 6.92 Å². The largest absolute Gasteiger partial charge is 0.475 e. The minimum Gasteiger partial charge on any atom is -0.475 e. The van der Waals surface area contributed by atoms with Crippen LogP contribution in [0.1, 0.15) is 53.6 Å². The average molecular weight is 308 g/mol. The highest BCUT2D eigenvalue weighted by Crippen LogP contribution is 2.32. The second-order valence-electron chi connectivity index (χ2n) is 5.13. The summed E-state index contributed by atoms with van der Waals surface area (Å²) in [6.07, 6.45) is 4.67. The van der Waals surface area contributed by atoms with Crippen LogP contribution in [-0.2, 0) is 5.75 Å². The molecule has 2 aromatic rings. The molecular weight excluding hydrogens is 292 g/mol. The Labute approximate surface area is 125 Å². The zero-order valence-electron chi connectivity index (χ0n) is 11.7. The molecule has 0 saturated heterocycles. The van der Waals surface area contributed by atoms with Gasteiger partial charge in [0.25, 0.3) is 0 Å². The van der Waals surface area contributed by atoms with E-state index in [0.717, 1.165) is 23.6 Å². The van der Waals surface area contributed by atoms with Crippen molar-refractivity contribution in [3.05, 3.63) is 23.2 Å². The van der Waals surface area contributed by atoms with Gasteiger partial charge in [0.15, 0.2) is 0 Å². The van der Waals surface area contributed by atoms with Crippen LogP contribution in [-0.4, -0.2) is 31.3 Å². The number of aromatic nitrogens is 4. The summed E-state index contributed by atoms with van der Waals surface area (Å²) in [7, 11) is 0. The topological polar surface area (TPSA) is 94.0 Å². The maximum absolute atomic E-state index is 10.9. The highest BCUT2D eigenvalue weighted by Gasteiger charge is 2.22. The fourth-order valence-corrected chi connectivity index (χ4v) is 3.55. The summed E-state index contributed by atoms with van der Waals surface area (Å²) in [6, 6.07) is 1.96. The third-order valence-electron chi connectivity index (χ3n) is 3.72. The van der Waals surface area contributed by atoms with Crippen molar-refractivity contribution in [2.24, 2.45) is 0 Å². The third kappa shape index (κ3) is 2.94. The first-order valence-corrected chi connectivity index (χ1v) is 7.87. The summed E-state index contributed by atoms with van der Waals surface area (Å²) >= 11 is 1.51. The lowest BCUT2D eigenvalue weighted by Crippen LogP contribution is -2.08. The molecule has 1 aliphatic carbocycles. The van der Waals surface area contributed by atoms with Gasteiger partial charge < -0.3 is 9.52 Å². The summed E-state index contributed by atoms with van der Waals surface area (Å²) in [5.41, 5.74) is 0.860. The number of hydrogen-bond acceptors (Lipinski definition) is 6. The zero-order chi connectivity index (χ0) is 14.8. The molecule has 0 radical (unpaired) electrons. The van der Waals surface area contributed by atoms with Crippen LogP contribution in [0.15, 0.2) is 15.6 Å². The van der Waals surface area contributed by atoms with Crippen LogP contribution in [0.4, 0.5) is 0 Å². The van der Waals surface area contributed by atoms with Gasteiger partial charge in [0.05, 0.1) is 6.04 Å². The number of carboxylic acids is 1. The quantitative estimate of drug-likeness (QED) is 0.848. The van der Waals surface area contributed by atoms with E-state index in [9.17, 15) is 4.79 Å². The molecule has 7 nitrogen and oxygen atoms in total. The molecule has 112 valence electrons. The van der Waals surface area contributed by atoms with Gasteiger partial charge in [-0.05, 0) is 36.3 Å². The van der Waals surface area contributed by atoms with Gasteiger partial charge in [0, 0.05) is 11.3 Å². The number of carbonyl (C=O) groups is 1. The molecule has 1 aliphatic rings. The van der Waals surface area contributed by atoms with Crippen molar-refractivity contribution < 1.29 is 14.3 Å². The van der Waals surface area contributed by atoms with Gasteiger partial charge in [-0.2, -0.15) is 0 Å². The van der Waals surface area contributed by atoms with E-state index in [0.29, 0.717) is 17.6 Å².